The zero-order valence-electron chi connectivity index (χ0n) is 20.9. The van der Waals surface area contributed by atoms with E-state index < -0.39 is 28.7 Å². The summed E-state index contributed by atoms with van der Waals surface area (Å²) in [4.78, 5) is 49.6. The number of aromatic hydroxyl groups is 1. The number of amides is 2. The Hall–Kier alpha value is -3.99. The zero-order valence-corrected chi connectivity index (χ0v) is 20.9. The second kappa shape index (κ2) is 9.71. The minimum atomic E-state index is -0.784. The Kier molecular flexibility index (Phi) is 6.22. The van der Waals surface area contributed by atoms with Crippen LogP contribution in [-0.2, 0) is 11.3 Å². The molecule has 2 saturated heterocycles. The van der Waals surface area contributed by atoms with Crippen LogP contribution >= 0.6 is 0 Å². The van der Waals surface area contributed by atoms with Gasteiger partial charge in [0, 0.05) is 57.9 Å². The molecule has 4 heterocycles. The molecule has 1 aromatic carbocycles. The fraction of sp³-hybridized carbons (Fsp3) is 0.407. The van der Waals surface area contributed by atoms with Gasteiger partial charge in [-0.3, -0.25) is 23.7 Å². The number of hydrogen-bond acceptors (Lipinski definition) is 7. The number of hydrogen-bond donors (Lipinski definition) is 2. The van der Waals surface area contributed by atoms with E-state index in [4.69, 9.17) is 0 Å². The van der Waals surface area contributed by atoms with E-state index in [9.17, 15) is 23.9 Å². The third kappa shape index (κ3) is 4.58. The highest BCUT2D eigenvalue weighted by molar-refractivity contribution is 6.00. The maximum atomic E-state index is 13.3. The highest BCUT2D eigenvalue weighted by atomic mass is 19.1. The summed E-state index contributed by atoms with van der Waals surface area (Å²) < 4.78 is 14.4. The molecule has 1 aliphatic carbocycles. The van der Waals surface area contributed by atoms with Gasteiger partial charge in [0.1, 0.15) is 5.82 Å². The van der Waals surface area contributed by atoms with Gasteiger partial charge in [0.25, 0.3) is 5.91 Å². The van der Waals surface area contributed by atoms with Gasteiger partial charge in [-0.2, -0.15) is 0 Å². The Morgan fingerprint density at radius 2 is 1.82 bits per heavy atom. The van der Waals surface area contributed by atoms with Crippen molar-refractivity contribution in [1.82, 2.24) is 19.6 Å². The smallest absolute Gasteiger partial charge is 0.301 e. The first-order valence-electron chi connectivity index (χ1n) is 13.0. The predicted octanol–water partition coefficient (Wildman–Crippen LogP) is 1.88. The molecule has 3 fully saturated rings. The molecule has 3 aromatic rings. The van der Waals surface area contributed by atoms with E-state index >= 15 is 0 Å². The summed E-state index contributed by atoms with van der Waals surface area (Å²) in [5.41, 5.74) is 0.782. The van der Waals surface area contributed by atoms with Crippen LogP contribution in [0.5, 0.6) is 5.75 Å². The summed E-state index contributed by atoms with van der Waals surface area (Å²) in [6, 6.07) is 8.16. The van der Waals surface area contributed by atoms with Crippen LogP contribution in [0, 0.1) is 5.82 Å². The average molecular weight is 521 g/mol. The minimum absolute atomic E-state index is 0.0584. The maximum absolute atomic E-state index is 13.3. The van der Waals surface area contributed by atoms with E-state index in [0.29, 0.717) is 36.7 Å². The largest absolute Gasteiger partial charge is 0.501 e. The Morgan fingerprint density at radius 3 is 2.47 bits per heavy atom. The lowest BCUT2D eigenvalue weighted by atomic mass is 10.2. The number of aromatic nitrogens is 2. The molecular weight excluding hydrogens is 491 g/mol. The predicted molar refractivity (Wildman–Crippen MR) is 139 cm³/mol. The molecule has 0 atom stereocenters. The number of nitrogens with one attached hydrogen (secondary N) is 1. The third-order valence-electron chi connectivity index (χ3n) is 7.55. The summed E-state index contributed by atoms with van der Waals surface area (Å²) >= 11 is 0. The quantitative estimate of drug-likeness (QED) is 0.511. The Bertz CT molecular complexity index is 1460. The molecule has 198 valence electrons. The molecule has 0 bridgehead atoms. The number of piperazine rings is 1. The van der Waals surface area contributed by atoms with Crippen molar-refractivity contribution in [3.8, 4) is 5.75 Å². The third-order valence-corrected chi connectivity index (χ3v) is 7.55. The van der Waals surface area contributed by atoms with Gasteiger partial charge in [-0.05, 0) is 43.0 Å². The second-order valence-corrected chi connectivity index (χ2v) is 10.1. The monoisotopic (exact) mass is 520 g/mol. The van der Waals surface area contributed by atoms with E-state index in [-0.39, 0.29) is 18.1 Å². The van der Waals surface area contributed by atoms with E-state index in [2.05, 4.69) is 20.1 Å². The lowest BCUT2D eigenvalue weighted by molar-refractivity contribution is -0.117. The SMILES string of the molecule is O=C(NCc1ccc(F)cc1)c1nc2c(N3CCCC3=O)cc(N3CCN(C4CC4)CC3)cn2c(=O)c1O. The summed E-state index contributed by atoms with van der Waals surface area (Å²) in [7, 11) is 0. The van der Waals surface area contributed by atoms with Crippen molar-refractivity contribution in [3.05, 3.63) is 64.0 Å². The standard InChI is InChI=1S/C27H29FN6O4/c28-18-5-3-17(4-6-18)15-29-26(37)23-24(36)27(38)34-16-20(32-12-10-31(11-13-32)19-7-8-19)14-21(25(34)30-23)33-9-1-2-22(33)35/h3-6,14,16,19,36H,1-2,7-13,15H2,(H,29,37). The van der Waals surface area contributed by atoms with Crippen molar-refractivity contribution in [2.75, 3.05) is 42.5 Å². The van der Waals surface area contributed by atoms with Crippen LogP contribution in [0.15, 0.2) is 41.3 Å². The van der Waals surface area contributed by atoms with Gasteiger partial charge in [-0.25, -0.2) is 9.37 Å². The number of fused-ring (bicyclic) bond motifs is 1. The van der Waals surface area contributed by atoms with Crippen molar-refractivity contribution in [2.45, 2.75) is 38.3 Å². The summed E-state index contributed by atoms with van der Waals surface area (Å²) in [5.74, 6) is -1.98. The van der Waals surface area contributed by atoms with Crippen molar-refractivity contribution < 1.29 is 19.1 Å². The Balaban J connectivity index is 1.36. The first kappa shape index (κ1) is 24.4. The number of benzene rings is 1. The summed E-state index contributed by atoms with van der Waals surface area (Å²) in [6.45, 7) is 3.96. The lowest BCUT2D eigenvalue weighted by Gasteiger charge is -2.36. The van der Waals surface area contributed by atoms with E-state index in [0.717, 1.165) is 31.9 Å². The van der Waals surface area contributed by atoms with E-state index in [1.54, 1.807) is 11.1 Å². The van der Waals surface area contributed by atoms with Gasteiger partial charge >= 0.3 is 5.56 Å². The minimum Gasteiger partial charge on any atom is -0.501 e. The normalized spacial score (nSPS) is 18.4. The van der Waals surface area contributed by atoms with Crippen LogP contribution in [0.3, 0.4) is 0 Å². The van der Waals surface area contributed by atoms with Crippen molar-refractivity contribution in [2.24, 2.45) is 0 Å². The topological polar surface area (TPSA) is 110 Å². The average Bonchev–Trinajstić information content (AvgIpc) is 3.70. The maximum Gasteiger partial charge on any atom is 0.301 e. The highest BCUT2D eigenvalue weighted by Crippen LogP contribution is 2.32. The summed E-state index contributed by atoms with van der Waals surface area (Å²) in [5, 5.41) is 13.3. The molecule has 0 spiro atoms. The highest BCUT2D eigenvalue weighted by Gasteiger charge is 2.32. The molecule has 0 unspecified atom stereocenters. The second-order valence-electron chi connectivity index (χ2n) is 10.1. The number of carbonyl (C=O) groups is 2. The lowest BCUT2D eigenvalue weighted by Crippen LogP contribution is -2.47. The molecule has 10 nitrogen and oxygen atoms in total. The van der Waals surface area contributed by atoms with Gasteiger partial charge < -0.3 is 20.2 Å². The number of nitrogens with zero attached hydrogens (tertiary/aromatic N) is 5. The molecule has 6 rings (SSSR count). The fourth-order valence-corrected chi connectivity index (χ4v) is 5.28. The van der Waals surface area contributed by atoms with Gasteiger partial charge in [0.15, 0.2) is 11.3 Å². The van der Waals surface area contributed by atoms with Crippen LogP contribution in [0.25, 0.3) is 5.65 Å². The molecule has 1 saturated carbocycles. The van der Waals surface area contributed by atoms with Crippen molar-refractivity contribution in [1.29, 1.82) is 0 Å². The molecule has 2 aliphatic heterocycles. The van der Waals surface area contributed by atoms with Gasteiger partial charge in [0.05, 0.1) is 11.4 Å². The van der Waals surface area contributed by atoms with Crippen LogP contribution < -0.4 is 20.7 Å². The molecule has 0 radical (unpaired) electrons. The molecule has 38 heavy (non-hydrogen) atoms. The van der Waals surface area contributed by atoms with Gasteiger partial charge in [0.2, 0.25) is 11.7 Å². The van der Waals surface area contributed by atoms with Crippen molar-refractivity contribution in [3.63, 3.8) is 0 Å². The zero-order chi connectivity index (χ0) is 26.4. The molecule has 2 N–H and O–H groups in total. The Labute approximate surface area is 218 Å². The van der Waals surface area contributed by atoms with Crippen LogP contribution in [0.4, 0.5) is 15.8 Å². The first-order valence-corrected chi connectivity index (χ1v) is 13.0. The van der Waals surface area contributed by atoms with E-state index in [1.807, 2.05) is 6.07 Å². The van der Waals surface area contributed by atoms with Crippen molar-refractivity contribution >= 4 is 28.8 Å². The molecule has 3 aliphatic rings. The molecule has 2 aromatic heterocycles. The number of pyridine rings is 1. The number of anilines is 2. The number of rotatable bonds is 6. The van der Waals surface area contributed by atoms with E-state index in [1.165, 1.54) is 41.5 Å². The van der Waals surface area contributed by atoms with Crippen LogP contribution in [0.2, 0.25) is 0 Å². The molecule has 11 heteroatoms. The fourth-order valence-electron chi connectivity index (χ4n) is 5.28. The summed E-state index contributed by atoms with van der Waals surface area (Å²) in [6.07, 6.45) is 5.20. The first-order chi connectivity index (χ1) is 18.4. The van der Waals surface area contributed by atoms with Gasteiger partial charge in [-0.15, -0.1) is 0 Å². The van der Waals surface area contributed by atoms with Crippen LogP contribution in [-0.4, -0.2) is 70.0 Å². The Morgan fingerprint density at radius 1 is 1.08 bits per heavy atom. The molecule has 2 amide bonds. The molecular formula is C27H29FN6O4. The number of halogens is 1. The number of carbonyl (C=O) groups excluding carboxylic acids is 2. The van der Waals surface area contributed by atoms with Crippen LogP contribution in [0.1, 0.15) is 41.7 Å². The van der Waals surface area contributed by atoms with Gasteiger partial charge in [-0.1, -0.05) is 12.1 Å².